The lowest BCUT2D eigenvalue weighted by Crippen LogP contribution is -2.63. The predicted molar refractivity (Wildman–Crippen MR) is 81.5 cm³/mol. The molecule has 110 valence electrons. The van der Waals surface area contributed by atoms with Crippen LogP contribution in [0.5, 0.6) is 5.75 Å². The van der Waals surface area contributed by atoms with Gasteiger partial charge >= 0.3 is 0 Å². The van der Waals surface area contributed by atoms with Crippen molar-refractivity contribution in [2.75, 3.05) is 6.54 Å². The Hall–Kier alpha value is -0.610. The topological polar surface area (TPSA) is 21.3 Å². The molecule has 2 atom stereocenters. The van der Waals surface area contributed by atoms with Gasteiger partial charge in [-0.2, -0.15) is 0 Å². The third-order valence-electron chi connectivity index (χ3n) is 4.88. The fourth-order valence-corrected chi connectivity index (χ4v) is 4.35. The Bertz CT molecular complexity index is 467. The smallest absolute Gasteiger partial charge is 0.128 e. The number of hydrogen-bond acceptors (Lipinski definition) is 2. The van der Waals surface area contributed by atoms with Crippen LogP contribution >= 0.6 is 15.9 Å². The number of nitrogens with one attached hydrogen (secondary N) is 1. The highest BCUT2D eigenvalue weighted by Crippen LogP contribution is 2.54. The summed E-state index contributed by atoms with van der Waals surface area (Å²) in [6.07, 6.45) is 6.28. The van der Waals surface area contributed by atoms with Crippen molar-refractivity contribution in [3.8, 4) is 5.75 Å². The average molecular weight is 342 g/mol. The van der Waals surface area contributed by atoms with Crippen LogP contribution in [0.4, 0.5) is 4.39 Å². The maximum atomic E-state index is 13.4. The first-order valence-corrected chi connectivity index (χ1v) is 8.29. The maximum absolute atomic E-state index is 13.4. The SMILES string of the molecule is CCNC1CC(Oc2cc(F)cc(Br)c2)C12CCCC2. The highest BCUT2D eigenvalue weighted by Gasteiger charge is 2.57. The first kappa shape index (κ1) is 14.3. The standard InChI is InChI=1S/C16H21BrFNO/c1-2-19-14-10-15(16(14)5-3-4-6-16)20-13-8-11(17)7-12(18)9-13/h7-9,14-15,19H,2-6,10H2,1H3. The van der Waals surface area contributed by atoms with E-state index in [0.717, 1.165) is 17.4 Å². The second kappa shape index (κ2) is 5.64. The fourth-order valence-electron chi connectivity index (χ4n) is 3.91. The van der Waals surface area contributed by atoms with Gasteiger partial charge < -0.3 is 10.1 Å². The van der Waals surface area contributed by atoms with E-state index in [4.69, 9.17) is 4.74 Å². The Morgan fingerprint density at radius 1 is 1.35 bits per heavy atom. The van der Waals surface area contributed by atoms with Crippen LogP contribution < -0.4 is 10.1 Å². The van der Waals surface area contributed by atoms with Crippen molar-refractivity contribution in [2.24, 2.45) is 5.41 Å². The molecule has 2 saturated carbocycles. The third-order valence-corrected chi connectivity index (χ3v) is 5.34. The fraction of sp³-hybridized carbons (Fsp3) is 0.625. The van der Waals surface area contributed by atoms with Crippen LogP contribution in [-0.4, -0.2) is 18.7 Å². The van der Waals surface area contributed by atoms with Gasteiger partial charge in [-0.25, -0.2) is 4.39 Å². The zero-order chi connectivity index (χ0) is 14.2. The molecule has 2 aliphatic carbocycles. The summed E-state index contributed by atoms with van der Waals surface area (Å²) < 4.78 is 20.3. The van der Waals surface area contributed by atoms with Gasteiger partial charge in [-0.05, 0) is 31.5 Å². The largest absolute Gasteiger partial charge is 0.490 e. The van der Waals surface area contributed by atoms with Crippen LogP contribution in [0.3, 0.4) is 0 Å². The van der Waals surface area contributed by atoms with Crippen LogP contribution in [0, 0.1) is 11.2 Å². The monoisotopic (exact) mass is 341 g/mol. The molecule has 0 aromatic heterocycles. The van der Waals surface area contributed by atoms with Gasteiger partial charge in [-0.15, -0.1) is 0 Å². The lowest BCUT2D eigenvalue weighted by atomic mass is 9.60. The van der Waals surface area contributed by atoms with Gasteiger partial charge in [0.05, 0.1) is 0 Å². The molecule has 1 spiro atoms. The molecule has 2 unspecified atom stereocenters. The van der Waals surface area contributed by atoms with Crippen molar-refractivity contribution in [3.63, 3.8) is 0 Å². The summed E-state index contributed by atoms with van der Waals surface area (Å²) in [7, 11) is 0. The van der Waals surface area contributed by atoms with Crippen LogP contribution in [0.15, 0.2) is 22.7 Å². The summed E-state index contributed by atoms with van der Waals surface area (Å²) in [6.45, 7) is 3.16. The molecule has 2 nitrogen and oxygen atoms in total. The molecule has 0 amide bonds. The van der Waals surface area contributed by atoms with Crippen molar-refractivity contribution in [1.82, 2.24) is 5.32 Å². The van der Waals surface area contributed by atoms with Crippen LogP contribution in [0.1, 0.15) is 39.0 Å². The molecule has 0 heterocycles. The van der Waals surface area contributed by atoms with Crippen molar-refractivity contribution in [3.05, 3.63) is 28.5 Å². The number of ether oxygens (including phenoxy) is 1. The summed E-state index contributed by atoms with van der Waals surface area (Å²) in [5.41, 5.74) is 0.273. The zero-order valence-electron chi connectivity index (χ0n) is 11.8. The second-order valence-corrected chi connectivity index (χ2v) is 6.91. The molecule has 0 saturated heterocycles. The van der Waals surface area contributed by atoms with Crippen LogP contribution in [0.25, 0.3) is 0 Å². The van der Waals surface area contributed by atoms with Gasteiger partial charge in [0, 0.05) is 28.4 Å². The average Bonchev–Trinajstić information content (AvgIpc) is 2.88. The molecule has 1 aromatic rings. The Balaban J connectivity index is 1.74. The molecule has 4 heteroatoms. The van der Waals surface area contributed by atoms with Crippen molar-refractivity contribution in [1.29, 1.82) is 0 Å². The highest BCUT2D eigenvalue weighted by molar-refractivity contribution is 9.10. The molecular formula is C16H21BrFNO. The maximum Gasteiger partial charge on any atom is 0.128 e. The number of hydrogen-bond donors (Lipinski definition) is 1. The lowest BCUT2D eigenvalue weighted by molar-refractivity contribution is -0.0756. The molecule has 1 N–H and O–H groups in total. The Morgan fingerprint density at radius 3 is 2.75 bits per heavy atom. The minimum Gasteiger partial charge on any atom is -0.490 e. The molecule has 2 fully saturated rings. The molecule has 2 aliphatic rings. The van der Waals surface area contributed by atoms with Gasteiger partial charge in [-0.1, -0.05) is 35.7 Å². The first-order valence-electron chi connectivity index (χ1n) is 7.50. The zero-order valence-corrected chi connectivity index (χ0v) is 13.4. The molecule has 20 heavy (non-hydrogen) atoms. The number of halogens is 2. The first-order chi connectivity index (χ1) is 9.64. The van der Waals surface area contributed by atoms with E-state index in [9.17, 15) is 4.39 Å². The molecular weight excluding hydrogens is 321 g/mol. The van der Waals surface area contributed by atoms with Crippen LogP contribution in [0.2, 0.25) is 0 Å². The molecule has 0 aliphatic heterocycles. The van der Waals surface area contributed by atoms with E-state index >= 15 is 0 Å². The molecule has 0 radical (unpaired) electrons. The van der Waals surface area contributed by atoms with Crippen molar-refractivity contribution < 1.29 is 9.13 Å². The summed E-state index contributed by atoms with van der Waals surface area (Å²) in [4.78, 5) is 0. The lowest BCUT2D eigenvalue weighted by Gasteiger charge is -2.54. The summed E-state index contributed by atoms with van der Waals surface area (Å²) in [5, 5.41) is 3.59. The molecule has 1 aromatic carbocycles. The summed E-state index contributed by atoms with van der Waals surface area (Å²) in [6, 6.07) is 5.36. The summed E-state index contributed by atoms with van der Waals surface area (Å²) in [5.74, 6) is 0.389. The van der Waals surface area contributed by atoms with E-state index in [0.29, 0.717) is 11.8 Å². The van der Waals surface area contributed by atoms with Gasteiger partial charge in [-0.3, -0.25) is 0 Å². The Morgan fingerprint density at radius 2 is 2.10 bits per heavy atom. The predicted octanol–water partition coefficient (Wildman–Crippen LogP) is 4.28. The second-order valence-electron chi connectivity index (χ2n) is 6.00. The Kier molecular flexibility index (Phi) is 4.04. The minimum absolute atomic E-state index is 0.225. The van der Waals surface area contributed by atoms with Crippen LogP contribution in [-0.2, 0) is 0 Å². The van der Waals surface area contributed by atoms with Gasteiger partial charge in [0.1, 0.15) is 17.7 Å². The number of rotatable bonds is 4. The van der Waals surface area contributed by atoms with Gasteiger partial charge in [0.15, 0.2) is 0 Å². The normalized spacial score (nSPS) is 27.6. The minimum atomic E-state index is -0.252. The quantitative estimate of drug-likeness (QED) is 0.882. The number of benzene rings is 1. The van der Waals surface area contributed by atoms with Crippen molar-refractivity contribution >= 4 is 15.9 Å². The van der Waals surface area contributed by atoms with Gasteiger partial charge in [0.25, 0.3) is 0 Å². The highest BCUT2D eigenvalue weighted by atomic mass is 79.9. The van der Waals surface area contributed by atoms with Crippen molar-refractivity contribution in [2.45, 2.75) is 51.2 Å². The third kappa shape index (κ3) is 2.48. The Labute approximate surface area is 128 Å². The molecule has 0 bridgehead atoms. The van der Waals surface area contributed by atoms with E-state index in [1.165, 1.54) is 37.8 Å². The van der Waals surface area contributed by atoms with E-state index in [1.54, 1.807) is 0 Å². The van der Waals surface area contributed by atoms with E-state index in [2.05, 4.69) is 28.2 Å². The summed E-state index contributed by atoms with van der Waals surface area (Å²) >= 11 is 3.32. The van der Waals surface area contributed by atoms with E-state index < -0.39 is 0 Å². The molecule has 3 rings (SSSR count). The van der Waals surface area contributed by atoms with E-state index in [-0.39, 0.29) is 17.3 Å². The van der Waals surface area contributed by atoms with E-state index in [1.807, 2.05) is 6.07 Å². The van der Waals surface area contributed by atoms with Gasteiger partial charge in [0.2, 0.25) is 0 Å².